The molecule has 0 saturated heterocycles. The van der Waals surface area contributed by atoms with Crippen LogP contribution in [0.4, 0.5) is 5.69 Å². The lowest BCUT2D eigenvalue weighted by Crippen LogP contribution is -2.31. The number of ketones is 1. The Kier molecular flexibility index (Phi) is 4.68. The maximum Gasteiger partial charge on any atom is 0.356 e. The van der Waals surface area contributed by atoms with E-state index in [0.717, 1.165) is 24.7 Å². The van der Waals surface area contributed by atoms with Gasteiger partial charge in [0.15, 0.2) is 5.70 Å². The van der Waals surface area contributed by atoms with Crippen LogP contribution < -0.4 is 9.64 Å². The summed E-state index contributed by atoms with van der Waals surface area (Å²) in [6.45, 7) is 1.79. The van der Waals surface area contributed by atoms with Gasteiger partial charge in [-0.15, -0.1) is 0 Å². The second-order valence-corrected chi connectivity index (χ2v) is 4.83. The maximum absolute atomic E-state index is 12.3. The van der Waals surface area contributed by atoms with Crippen LogP contribution in [0, 0.1) is 6.92 Å². The average molecular weight is 333 g/mol. The number of carbonyl (C=O) groups is 4. The topological polar surface area (TPSA) is 99.2 Å². The molecule has 0 radical (unpaired) electrons. The molecule has 0 fully saturated rings. The van der Waals surface area contributed by atoms with E-state index >= 15 is 0 Å². The minimum Gasteiger partial charge on any atom is -0.496 e. The summed E-state index contributed by atoms with van der Waals surface area (Å²) in [5.41, 5.74) is -0.162. The van der Waals surface area contributed by atoms with Gasteiger partial charge in [0.2, 0.25) is 0 Å². The van der Waals surface area contributed by atoms with Gasteiger partial charge in [0, 0.05) is 6.07 Å². The number of benzene rings is 1. The number of rotatable bonds is 4. The Balaban J connectivity index is 2.69. The predicted molar refractivity (Wildman–Crippen MR) is 81.3 cm³/mol. The third-order valence-electron chi connectivity index (χ3n) is 3.50. The van der Waals surface area contributed by atoms with E-state index in [1.54, 1.807) is 13.0 Å². The summed E-state index contributed by atoms with van der Waals surface area (Å²) in [4.78, 5) is 49.2. The minimum atomic E-state index is -1.14. The summed E-state index contributed by atoms with van der Waals surface area (Å²) in [5.74, 6) is -3.84. The van der Waals surface area contributed by atoms with Crippen molar-refractivity contribution in [3.05, 3.63) is 35.0 Å². The highest BCUT2D eigenvalue weighted by Gasteiger charge is 2.47. The molecule has 0 bridgehead atoms. The van der Waals surface area contributed by atoms with Gasteiger partial charge in [-0.25, -0.2) is 9.59 Å². The van der Waals surface area contributed by atoms with Crippen LogP contribution in [0.3, 0.4) is 0 Å². The van der Waals surface area contributed by atoms with Gasteiger partial charge in [-0.3, -0.25) is 14.5 Å². The molecule has 8 nitrogen and oxygen atoms in total. The van der Waals surface area contributed by atoms with Crippen LogP contribution in [0.5, 0.6) is 5.75 Å². The zero-order valence-corrected chi connectivity index (χ0v) is 13.5. The van der Waals surface area contributed by atoms with Gasteiger partial charge in [-0.05, 0) is 18.6 Å². The van der Waals surface area contributed by atoms with Gasteiger partial charge in [-0.1, -0.05) is 6.07 Å². The maximum atomic E-state index is 12.3. The normalized spacial score (nSPS) is 14.1. The first-order valence-corrected chi connectivity index (χ1v) is 6.81. The van der Waals surface area contributed by atoms with Gasteiger partial charge in [0.1, 0.15) is 11.3 Å². The van der Waals surface area contributed by atoms with E-state index in [-0.39, 0.29) is 5.69 Å². The number of anilines is 1. The van der Waals surface area contributed by atoms with E-state index in [9.17, 15) is 19.2 Å². The van der Waals surface area contributed by atoms with E-state index in [1.165, 1.54) is 19.2 Å². The number of methoxy groups -OCH3 is 3. The second-order valence-electron chi connectivity index (χ2n) is 4.83. The average Bonchev–Trinajstić information content (AvgIpc) is 2.85. The van der Waals surface area contributed by atoms with Crippen LogP contribution >= 0.6 is 0 Å². The number of nitrogens with zero attached hydrogens (tertiary/aromatic N) is 1. The molecular weight excluding hydrogens is 318 g/mol. The van der Waals surface area contributed by atoms with E-state index in [1.807, 2.05) is 0 Å². The molecule has 0 spiro atoms. The van der Waals surface area contributed by atoms with E-state index < -0.39 is 34.9 Å². The molecule has 1 aromatic carbocycles. The lowest BCUT2D eigenvalue weighted by Gasteiger charge is -2.19. The van der Waals surface area contributed by atoms with Crippen LogP contribution in [0.25, 0.3) is 0 Å². The zero-order chi connectivity index (χ0) is 18.0. The van der Waals surface area contributed by atoms with Crippen molar-refractivity contribution >= 4 is 29.3 Å². The SMILES string of the molecule is COC(=O)C1=C(C(=O)OC)N(c2ccc(C)c(OC)c2)C(=O)C1=O. The van der Waals surface area contributed by atoms with Crippen LogP contribution in [0.2, 0.25) is 0 Å². The molecule has 0 N–H and O–H groups in total. The molecule has 1 heterocycles. The molecule has 0 aromatic heterocycles. The van der Waals surface area contributed by atoms with Gasteiger partial charge in [-0.2, -0.15) is 0 Å². The number of Topliss-reactive ketones (excluding diaryl/α,β-unsaturated/α-hetero) is 1. The van der Waals surface area contributed by atoms with Crippen molar-refractivity contribution in [2.24, 2.45) is 0 Å². The third kappa shape index (κ3) is 2.62. The Morgan fingerprint density at radius 2 is 1.62 bits per heavy atom. The first kappa shape index (κ1) is 17.2. The molecule has 1 aliphatic rings. The molecule has 8 heteroatoms. The highest BCUT2D eigenvalue weighted by molar-refractivity contribution is 6.57. The lowest BCUT2D eigenvalue weighted by atomic mass is 10.1. The fourth-order valence-corrected chi connectivity index (χ4v) is 2.30. The Bertz CT molecular complexity index is 779. The number of hydrogen-bond acceptors (Lipinski definition) is 7. The molecule has 126 valence electrons. The Morgan fingerprint density at radius 1 is 1.00 bits per heavy atom. The molecule has 2 rings (SSSR count). The Hall–Kier alpha value is -3.16. The lowest BCUT2D eigenvalue weighted by molar-refractivity contribution is -0.141. The minimum absolute atomic E-state index is 0.190. The zero-order valence-electron chi connectivity index (χ0n) is 13.5. The highest BCUT2D eigenvalue weighted by atomic mass is 16.5. The first-order chi connectivity index (χ1) is 11.4. The Labute approximate surface area is 137 Å². The van der Waals surface area contributed by atoms with Crippen LogP contribution in [-0.4, -0.2) is 45.0 Å². The van der Waals surface area contributed by atoms with Gasteiger partial charge < -0.3 is 14.2 Å². The number of amides is 1. The fourth-order valence-electron chi connectivity index (χ4n) is 2.30. The standard InChI is InChI=1S/C16H15NO7/c1-8-5-6-9(7-10(8)22-2)17-12(16(21)24-4)11(15(20)23-3)13(18)14(17)19/h5-7H,1-4H3. The summed E-state index contributed by atoms with van der Waals surface area (Å²) in [5, 5.41) is 0. The summed E-state index contributed by atoms with van der Waals surface area (Å²) < 4.78 is 14.3. The number of aryl methyl sites for hydroxylation is 1. The highest BCUT2D eigenvalue weighted by Crippen LogP contribution is 2.33. The van der Waals surface area contributed by atoms with Crippen LogP contribution in [-0.2, 0) is 28.7 Å². The molecule has 1 amide bonds. The quantitative estimate of drug-likeness (QED) is 0.450. The molecular formula is C16H15NO7. The van der Waals surface area contributed by atoms with Crippen molar-refractivity contribution < 1.29 is 33.4 Å². The molecule has 0 atom stereocenters. The van der Waals surface area contributed by atoms with Crippen molar-refractivity contribution in [3.63, 3.8) is 0 Å². The van der Waals surface area contributed by atoms with Crippen molar-refractivity contribution in [1.82, 2.24) is 0 Å². The molecule has 0 aliphatic carbocycles. The summed E-state index contributed by atoms with van der Waals surface area (Å²) in [6.07, 6.45) is 0. The van der Waals surface area contributed by atoms with Crippen LogP contribution in [0.15, 0.2) is 29.5 Å². The largest absolute Gasteiger partial charge is 0.496 e. The number of esters is 2. The van der Waals surface area contributed by atoms with Crippen molar-refractivity contribution in [2.45, 2.75) is 6.92 Å². The first-order valence-electron chi connectivity index (χ1n) is 6.81. The monoisotopic (exact) mass is 333 g/mol. The van der Waals surface area contributed by atoms with Gasteiger partial charge in [0.05, 0.1) is 27.0 Å². The van der Waals surface area contributed by atoms with E-state index in [4.69, 9.17) is 4.74 Å². The summed E-state index contributed by atoms with van der Waals surface area (Å²) in [7, 11) is 3.56. The molecule has 1 aliphatic heterocycles. The van der Waals surface area contributed by atoms with Crippen molar-refractivity contribution in [2.75, 3.05) is 26.2 Å². The number of ether oxygens (including phenoxy) is 3. The predicted octanol–water partition coefficient (Wildman–Crippen LogP) is 0.519. The fraction of sp³-hybridized carbons (Fsp3) is 0.250. The molecule has 24 heavy (non-hydrogen) atoms. The van der Waals surface area contributed by atoms with Gasteiger partial charge >= 0.3 is 17.8 Å². The number of hydrogen-bond donors (Lipinski definition) is 0. The van der Waals surface area contributed by atoms with E-state index in [0.29, 0.717) is 5.75 Å². The smallest absolute Gasteiger partial charge is 0.356 e. The van der Waals surface area contributed by atoms with Crippen molar-refractivity contribution in [1.29, 1.82) is 0 Å². The summed E-state index contributed by atoms with van der Waals surface area (Å²) >= 11 is 0. The third-order valence-corrected chi connectivity index (χ3v) is 3.50. The molecule has 0 saturated carbocycles. The second kappa shape index (κ2) is 6.53. The molecule has 0 unspecified atom stereocenters. The van der Waals surface area contributed by atoms with Crippen LogP contribution in [0.1, 0.15) is 5.56 Å². The van der Waals surface area contributed by atoms with E-state index in [2.05, 4.69) is 9.47 Å². The Morgan fingerprint density at radius 3 is 2.17 bits per heavy atom. The number of carbonyl (C=O) groups excluding carboxylic acids is 4. The van der Waals surface area contributed by atoms with Gasteiger partial charge in [0.25, 0.3) is 5.78 Å². The van der Waals surface area contributed by atoms with Crippen molar-refractivity contribution in [3.8, 4) is 5.75 Å². The summed E-state index contributed by atoms with van der Waals surface area (Å²) in [6, 6.07) is 4.65. The molecule has 1 aromatic rings.